The van der Waals surface area contributed by atoms with Gasteiger partial charge in [-0.25, -0.2) is 4.79 Å². The third-order valence-electron chi connectivity index (χ3n) is 6.03. The fraction of sp³-hybridized carbons (Fsp3) is 0.154. The molecule has 7 heteroatoms. The van der Waals surface area contributed by atoms with Crippen molar-refractivity contribution in [3.05, 3.63) is 99.9 Å². The number of carbonyl (C=O) groups excluding carboxylic acids is 1. The molecule has 0 aliphatic carbocycles. The highest BCUT2D eigenvalue weighted by Crippen LogP contribution is 2.39. The van der Waals surface area contributed by atoms with Crippen molar-refractivity contribution < 1.29 is 4.79 Å². The van der Waals surface area contributed by atoms with Crippen LogP contribution in [0.1, 0.15) is 16.8 Å². The smallest absolute Gasteiger partial charge is 0.320 e. The first-order chi connectivity index (χ1) is 16.0. The zero-order valence-corrected chi connectivity index (χ0v) is 19.6. The van der Waals surface area contributed by atoms with Gasteiger partial charge in [-0.2, -0.15) is 0 Å². The highest BCUT2D eigenvalue weighted by Gasteiger charge is 2.29. The van der Waals surface area contributed by atoms with Crippen LogP contribution in [0, 0.1) is 6.92 Å². The number of nitrogens with zero attached hydrogens (tertiary/aromatic N) is 3. The van der Waals surface area contributed by atoms with Crippen LogP contribution in [-0.4, -0.2) is 27.0 Å². The summed E-state index contributed by atoms with van der Waals surface area (Å²) >= 11 is 12.8. The molecule has 1 aliphatic heterocycles. The van der Waals surface area contributed by atoms with Gasteiger partial charge in [0, 0.05) is 36.4 Å². The molecule has 2 aromatic carbocycles. The summed E-state index contributed by atoms with van der Waals surface area (Å²) in [7, 11) is 0. The summed E-state index contributed by atoms with van der Waals surface area (Å²) in [5, 5.41) is 4.32. The van der Waals surface area contributed by atoms with Crippen molar-refractivity contribution >= 4 is 34.9 Å². The lowest BCUT2D eigenvalue weighted by Crippen LogP contribution is -2.39. The molecule has 0 atom stereocenters. The largest absolute Gasteiger partial charge is 0.322 e. The Morgan fingerprint density at radius 1 is 1.03 bits per heavy atom. The number of hydrogen-bond acceptors (Lipinski definition) is 2. The van der Waals surface area contributed by atoms with Gasteiger partial charge in [0.1, 0.15) is 0 Å². The number of rotatable bonds is 3. The molecule has 1 aliphatic rings. The molecule has 0 saturated heterocycles. The molecular formula is C26H22Cl2N4O. The third-order valence-corrected chi connectivity index (χ3v) is 6.60. The van der Waals surface area contributed by atoms with E-state index in [9.17, 15) is 4.79 Å². The van der Waals surface area contributed by atoms with E-state index < -0.39 is 0 Å². The molecule has 0 fully saturated rings. The lowest BCUT2D eigenvalue weighted by Gasteiger charge is -2.28. The van der Waals surface area contributed by atoms with Crippen molar-refractivity contribution in [2.24, 2.45) is 0 Å². The van der Waals surface area contributed by atoms with Crippen LogP contribution in [0.3, 0.4) is 0 Å². The Hall–Kier alpha value is -3.28. The minimum atomic E-state index is -0.133. The first-order valence-electron chi connectivity index (χ1n) is 10.7. The summed E-state index contributed by atoms with van der Waals surface area (Å²) in [5.41, 5.74) is 7.19. The maximum Gasteiger partial charge on any atom is 0.322 e. The monoisotopic (exact) mass is 476 g/mol. The van der Waals surface area contributed by atoms with E-state index in [1.54, 1.807) is 18.5 Å². The number of aromatic nitrogens is 2. The van der Waals surface area contributed by atoms with Gasteiger partial charge in [0.25, 0.3) is 0 Å². The van der Waals surface area contributed by atoms with E-state index in [1.165, 1.54) is 5.69 Å². The molecule has 33 heavy (non-hydrogen) atoms. The molecule has 0 bridgehead atoms. The minimum Gasteiger partial charge on any atom is -0.320 e. The average molecular weight is 477 g/mol. The highest BCUT2D eigenvalue weighted by atomic mass is 35.5. The molecule has 0 spiro atoms. The van der Waals surface area contributed by atoms with Gasteiger partial charge in [0.15, 0.2) is 0 Å². The summed E-state index contributed by atoms with van der Waals surface area (Å²) < 4.78 is 2.24. The number of amides is 2. The fourth-order valence-electron chi connectivity index (χ4n) is 4.45. The molecule has 166 valence electrons. The molecule has 2 amide bonds. The van der Waals surface area contributed by atoms with Crippen molar-refractivity contribution in [1.29, 1.82) is 0 Å². The van der Waals surface area contributed by atoms with E-state index in [0.717, 1.165) is 34.5 Å². The van der Waals surface area contributed by atoms with Crippen molar-refractivity contribution in [2.45, 2.75) is 19.9 Å². The number of fused-ring (bicyclic) bond motifs is 1. The Labute approximate surface area is 202 Å². The summed E-state index contributed by atoms with van der Waals surface area (Å²) in [6, 6.07) is 19.2. The van der Waals surface area contributed by atoms with Crippen LogP contribution in [-0.2, 0) is 13.0 Å². The number of nitrogens with one attached hydrogen (secondary N) is 1. The van der Waals surface area contributed by atoms with Crippen molar-refractivity contribution in [3.63, 3.8) is 0 Å². The second kappa shape index (κ2) is 8.93. The number of benzene rings is 2. The highest BCUT2D eigenvalue weighted by molar-refractivity contribution is 6.32. The fourth-order valence-corrected chi connectivity index (χ4v) is 4.79. The molecule has 0 unspecified atom stereocenters. The average Bonchev–Trinajstić information content (AvgIpc) is 3.12. The summed E-state index contributed by atoms with van der Waals surface area (Å²) in [5.74, 6) is 0. The number of carbonyl (C=O) groups is 1. The Bertz CT molecular complexity index is 1320. The van der Waals surface area contributed by atoms with E-state index >= 15 is 0 Å². The maximum atomic E-state index is 13.0. The van der Waals surface area contributed by atoms with E-state index in [1.807, 2.05) is 59.5 Å². The third kappa shape index (κ3) is 4.10. The minimum absolute atomic E-state index is 0.133. The van der Waals surface area contributed by atoms with Gasteiger partial charge >= 0.3 is 6.03 Å². The second-order valence-electron chi connectivity index (χ2n) is 8.04. The number of pyridine rings is 1. The maximum absolute atomic E-state index is 13.0. The number of hydrogen-bond donors (Lipinski definition) is 1. The topological polar surface area (TPSA) is 50.2 Å². The molecule has 3 heterocycles. The second-order valence-corrected chi connectivity index (χ2v) is 8.88. The number of urea groups is 1. The molecule has 0 radical (unpaired) electrons. The predicted molar refractivity (Wildman–Crippen MR) is 133 cm³/mol. The lowest BCUT2D eigenvalue weighted by atomic mass is 10.0. The van der Waals surface area contributed by atoms with Gasteiger partial charge in [-0.15, -0.1) is 0 Å². The molecule has 0 saturated carbocycles. The van der Waals surface area contributed by atoms with E-state index in [0.29, 0.717) is 28.8 Å². The number of anilines is 1. The van der Waals surface area contributed by atoms with Crippen LogP contribution in [0.15, 0.2) is 73.1 Å². The SMILES string of the molecule is Cc1c2c(n(-c3ccccc3Cl)c1-c1ccc(Cl)cc1)CCN(C(=O)Nc1cccnc1)C2. The van der Waals surface area contributed by atoms with E-state index in [-0.39, 0.29) is 6.03 Å². The van der Waals surface area contributed by atoms with Gasteiger partial charge in [-0.1, -0.05) is 47.5 Å². The Balaban J connectivity index is 1.58. The van der Waals surface area contributed by atoms with Gasteiger partial charge in [0.05, 0.1) is 28.3 Å². The van der Waals surface area contributed by atoms with Crippen LogP contribution in [0.25, 0.3) is 16.9 Å². The van der Waals surface area contributed by atoms with E-state index in [2.05, 4.69) is 21.8 Å². The van der Waals surface area contributed by atoms with Crippen LogP contribution in [0.5, 0.6) is 0 Å². The summed E-state index contributed by atoms with van der Waals surface area (Å²) in [6.45, 7) is 3.23. The van der Waals surface area contributed by atoms with Crippen LogP contribution in [0.4, 0.5) is 10.5 Å². The summed E-state index contributed by atoms with van der Waals surface area (Å²) in [6.07, 6.45) is 4.04. The normalized spacial score (nSPS) is 13.0. The molecule has 1 N–H and O–H groups in total. The van der Waals surface area contributed by atoms with Crippen molar-refractivity contribution in [1.82, 2.24) is 14.5 Å². The van der Waals surface area contributed by atoms with Gasteiger partial charge in [0.2, 0.25) is 0 Å². The van der Waals surface area contributed by atoms with Crippen LogP contribution in [0.2, 0.25) is 10.0 Å². The first kappa shape index (κ1) is 21.6. The van der Waals surface area contributed by atoms with Crippen LogP contribution < -0.4 is 5.32 Å². The number of para-hydroxylation sites is 1. The Kier molecular flexibility index (Phi) is 5.83. The van der Waals surface area contributed by atoms with Crippen molar-refractivity contribution in [2.75, 3.05) is 11.9 Å². The van der Waals surface area contributed by atoms with E-state index in [4.69, 9.17) is 23.2 Å². The lowest BCUT2D eigenvalue weighted by molar-refractivity contribution is 0.206. The zero-order chi connectivity index (χ0) is 22.9. The standard InChI is InChI=1S/C26H22Cl2N4O/c1-17-21-16-31(26(33)30-20-5-4-13-29-15-20)14-12-23(21)32(24-7-3-2-6-22(24)28)25(17)18-8-10-19(27)11-9-18/h2-11,13,15H,12,14,16H2,1H3,(H,30,33). The zero-order valence-electron chi connectivity index (χ0n) is 18.1. The molecular weight excluding hydrogens is 455 g/mol. The van der Waals surface area contributed by atoms with Gasteiger partial charge in [-0.05, 0) is 60.0 Å². The summed E-state index contributed by atoms with van der Waals surface area (Å²) in [4.78, 5) is 18.9. The molecule has 5 nitrogen and oxygen atoms in total. The number of halogens is 2. The Morgan fingerprint density at radius 2 is 1.82 bits per heavy atom. The predicted octanol–water partition coefficient (Wildman–Crippen LogP) is 6.74. The molecule has 5 rings (SSSR count). The quantitative estimate of drug-likeness (QED) is 0.355. The van der Waals surface area contributed by atoms with Gasteiger partial charge in [-0.3, -0.25) is 4.98 Å². The first-order valence-corrected chi connectivity index (χ1v) is 11.5. The van der Waals surface area contributed by atoms with Crippen LogP contribution >= 0.6 is 23.2 Å². The Morgan fingerprint density at radius 3 is 2.55 bits per heavy atom. The van der Waals surface area contributed by atoms with Crippen molar-refractivity contribution in [3.8, 4) is 16.9 Å². The molecule has 4 aromatic rings. The van der Waals surface area contributed by atoms with Gasteiger partial charge < -0.3 is 14.8 Å². The molecule has 2 aromatic heterocycles.